The first-order valence-corrected chi connectivity index (χ1v) is 13.4. The number of anilines is 2. The fourth-order valence-corrected chi connectivity index (χ4v) is 6.26. The third-order valence-corrected chi connectivity index (χ3v) is 8.35. The second kappa shape index (κ2) is 9.56. The molecule has 6 rings (SSSR count). The molecule has 36 heavy (non-hydrogen) atoms. The van der Waals surface area contributed by atoms with E-state index < -0.39 is 0 Å². The van der Waals surface area contributed by atoms with Gasteiger partial charge in [0.25, 0.3) is 0 Å². The molecule has 1 saturated heterocycles. The number of nitrogens with zero attached hydrogens (tertiary/aromatic N) is 6. The number of benzene rings is 1. The molecule has 3 aliphatic rings. The number of amides is 1. The quantitative estimate of drug-likeness (QED) is 0.512. The van der Waals surface area contributed by atoms with E-state index >= 15 is 0 Å². The van der Waals surface area contributed by atoms with E-state index in [-0.39, 0.29) is 5.91 Å². The Morgan fingerprint density at radius 2 is 2.11 bits per heavy atom. The number of rotatable bonds is 5. The Balaban J connectivity index is 1.38. The van der Waals surface area contributed by atoms with E-state index in [1.54, 1.807) is 11.6 Å². The van der Waals surface area contributed by atoms with Crippen LogP contribution < -0.4 is 4.90 Å². The van der Waals surface area contributed by atoms with E-state index in [2.05, 4.69) is 26.8 Å². The van der Waals surface area contributed by atoms with Crippen molar-refractivity contribution >= 4 is 29.0 Å². The molecule has 3 aliphatic heterocycles. The summed E-state index contributed by atoms with van der Waals surface area (Å²) in [5.74, 6) is 1.70. The zero-order valence-corrected chi connectivity index (χ0v) is 21.8. The molecule has 1 unspecified atom stereocenters. The van der Waals surface area contributed by atoms with Gasteiger partial charge in [-0.15, -0.1) is 0 Å². The van der Waals surface area contributed by atoms with Gasteiger partial charge in [-0.25, -0.2) is 0 Å². The van der Waals surface area contributed by atoms with Crippen molar-refractivity contribution in [2.24, 2.45) is 13.0 Å². The summed E-state index contributed by atoms with van der Waals surface area (Å²) in [5, 5.41) is 10.3. The van der Waals surface area contributed by atoms with Crippen LogP contribution in [0.3, 0.4) is 0 Å². The lowest BCUT2D eigenvalue weighted by Gasteiger charge is -2.33. The molecule has 0 N–H and O–H groups in total. The van der Waals surface area contributed by atoms with E-state index in [0.29, 0.717) is 12.5 Å². The minimum atomic E-state index is 0.116. The van der Waals surface area contributed by atoms with E-state index in [1.807, 2.05) is 24.3 Å². The number of aromatic nitrogens is 4. The summed E-state index contributed by atoms with van der Waals surface area (Å²) in [5.41, 5.74) is 6.77. The number of fused-ring (bicyclic) bond motifs is 2. The topological polar surface area (TPSA) is 68.4 Å². The molecule has 0 radical (unpaired) electrons. The Bertz CT molecular complexity index is 1290. The zero-order valence-electron chi connectivity index (χ0n) is 21.0. The van der Waals surface area contributed by atoms with E-state index in [9.17, 15) is 4.79 Å². The number of ether oxygens (including phenoxy) is 1. The highest BCUT2D eigenvalue weighted by Gasteiger charge is 2.32. The first-order valence-electron chi connectivity index (χ1n) is 13.0. The maximum absolute atomic E-state index is 12.3. The fraction of sp³-hybridized carbons (Fsp3) is 0.519. The second-order valence-corrected chi connectivity index (χ2v) is 10.6. The van der Waals surface area contributed by atoms with Crippen molar-refractivity contribution in [2.75, 3.05) is 31.2 Å². The Hall–Kier alpha value is -2.84. The summed E-state index contributed by atoms with van der Waals surface area (Å²) in [6.07, 6.45) is 8.83. The molecule has 8 nitrogen and oxygen atoms in total. The SMILES string of the molecule is CC(=O)N1CCc2c(c(N3CCCc4c3ccc(-c3cnn(C)c3)c4Cl)nn2CCC2CCOC2)C1. The van der Waals surface area contributed by atoms with Gasteiger partial charge in [0.05, 0.1) is 17.8 Å². The van der Waals surface area contributed by atoms with Crippen LogP contribution in [0.2, 0.25) is 5.02 Å². The third kappa shape index (κ3) is 4.20. The van der Waals surface area contributed by atoms with Crippen molar-refractivity contribution in [3.63, 3.8) is 0 Å². The van der Waals surface area contributed by atoms with Gasteiger partial charge in [0, 0.05) is 87.5 Å². The van der Waals surface area contributed by atoms with Crippen LogP contribution in [-0.4, -0.2) is 56.7 Å². The molecule has 1 amide bonds. The highest BCUT2D eigenvalue weighted by Crippen LogP contribution is 2.43. The number of aryl methyl sites for hydroxylation is 2. The van der Waals surface area contributed by atoms with Crippen LogP contribution in [0.4, 0.5) is 11.5 Å². The Labute approximate surface area is 216 Å². The summed E-state index contributed by atoms with van der Waals surface area (Å²) < 4.78 is 9.60. The maximum Gasteiger partial charge on any atom is 0.219 e. The summed E-state index contributed by atoms with van der Waals surface area (Å²) in [4.78, 5) is 16.5. The lowest BCUT2D eigenvalue weighted by Crippen LogP contribution is -2.35. The normalized spacial score (nSPS) is 19.5. The maximum atomic E-state index is 12.3. The average Bonchev–Trinajstić information content (AvgIpc) is 3.63. The molecule has 5 heterocycles. The molecule has 1 fully saturated rings. The predicted octanol–water partition coefficient (Wildman–Crippen LogP) is 4.35. The lowest BCUT2D eigenvalue weighted by atomic mass is 9.96. The molecule has 190 valence electrons. The van der Waals surface area contributed by atoms with Gasteiger partial charge < -0.3 is 14.5 Å². The molecule has 3 aromatic rings. The molecule has 2 aromatic heterocycles. The number of halogens is 1. The van der Waals surface area contributed by atoms with E-state index in [1.165, 1.54) is 11.3 Å². The molecule has 0 spiro atoms. The number of hydrogen-bond acceptors (Lipinski definition) is 5. The van der Waals surface area contributed by atoms with Gasteiger partial charge in [0.2, 0.25) is 5.91 Å². The Kier molecular flexibility index (Phi) is 6.25. The number of carbonyl (C=O) groups excluding carboxylic acids is 1. The molecule has 0 aliphatic carbocycles. The van der Waals surface area contributed by atoms with Crippen LogP contribution in [-0.2, 0) is 42.5 Å². The van der Waals surface area contributed by atoms with Crippen molar-refractivity contribution in [3.8, 4) is 11.1 Å². The van der Waals surface area contributed by atoms with Gasteiger partial charge in [-0.3, -0.25) is 14.2 Å². The molecule has 0 saturated carbocycles. The van der Waals surface area contributed by atoms with Gasteiger partial charge in [-0.05, 0) is 43.2 Å². The van der Waals surface area contributed by atoms with Crippen molar-refractivity contribution in [2.45, 2.75) is 52.1 Å². The largest absolute Gasteiger partial charge is 0.381 e. The van der Waals surface area contributed by atoms with Gasteiger partial charge >= 0.3 is 0 Å². The monoisotopic (exact) mass is 508 g/mol. The fourth-order valence-electron chi connectivity index (χ4n) is 5.90. The van der Waals surface area contributed by atoms with Crippen LogP contribution in [0.25, 0.3) is 11.1 Å². The van der Waals surface area contributed by atoms with Crippen LogP contribution in [0.1, 0.15) is 43.0 Å². The number of carbonyl (C=O) groups is 1. The zero-order chi connectivity index (χ0) is 24.8. The first kappa shape index (κ1) is 23.6. The summed E-state index contributed by atoms with van der Waals surface area (Å²) >= 11 is 7.00. The van der Waals surface area contributed by atoms with Crippen molar-refractivity contribution in [1.82, 2.24) is 24.5 Å². The van der Waals surface area contributed by atoms with Crippen molar-refractivity contribution < 1.29 is 9.53 Å². The van der Waals surface area contributed by atoms with Crippen LogP contribution in [0.15, 0.2) is 24.5 Å². The molecule has 1 atom stereocenters. The average molecular weight is 509 g/mol. The smallest absolute Gasteiger partial charge is 0.219 e. The first-order chi connectivity index (χ1) is 17.5. The molecule has 0 bridgehead atoms. The highest BCUT2D eigenvalue weighted by molar-refractivity contribution is 6.34. The highest BCUT2D eigenvalue weighted by atomic mass is 35.5. The van der Waals surface area contributed by atoms with Gasteiger partial charge in [-0.2, -0.15) is 10.2 Å². The van der Waals surface area contributed by atoms with Crippen molar-refractivity contribution in [1.29, 1.82) is 0 Å². The molecular formula is C27H33ClN6O2. The summed E-state index contributed by atoms with van der Waals surface area (Å²) in [7, 11) is 1.92. The second-order valence-electron chi connectivity index (χ2n) is 10.3. The van der Waals surface area contributed by atoms with E-state index in [4.69, 9.17) is 21.4 Å². The lowest BCUT2D eigenvalue weighted by molar-refractivity contribution is -0.129. The summed E-state index contributed by atoms with van der Waals surface area (Å²) in [6, 6.07) is 4.28. The predicted molar refractivity (Wildman–Crippen MR) is 140 cm³/mol. The molecular weight excluding hydrogens is 476 g/mol. The van der Waals surface area contributed by atoms with Crippen LogP contribution >= 0.6 is 11.6 Å². The Morgan fingerprint density at radius 3 is 2.86 bits per heavy atom. The minimum Gasteiger partial charge on any atom is -0.381 e. The Morgan fingerprint density at radius 1 is 1.22 bits per heavy atom. The van der Waals surface area contributed by atoms with Crippen LogP contribution in [0.5, 0.6) is 0 Å². The van der Waals surface area contributed by atoms with Crippen LogP contribution in [0, 0.1) is 5.92 Å². The standard InChI is InChI=1S/C27H33ClN6O2/c1-18(35)32-11-8-25-23(16-32)27(30-34(25)12-7-19-9-13-36-17-19)33-10-3-4-22-24(33)6-5-21(26(22)28)20-14-29-31(2)15-20/h5-6,14-15,19H,3-4,7-13,16-17H2,1-2H3. The van der Waals surface area contributed by atoms with Crippen molar-refractivity contribution in [3.05, 3.63) is 46.4 Å². The minimum absolute atomic E-state index is 0.116. The third-order valence-electron chi connectivity index (χ3n) is 7.92. The number of hydrogen-bond donors (Lipinski definition) is 0. The van der Waals surface area contributed by atoms with E-state index in [0.717, 1.165) is 98.2 Å². The van der Waals surface area contributed by atoms with Gasteiger partial charge in [0.1, 0.15) is 0 Å². The molecule has 9 heteroatoms. The molecule has 1 aromatic carbocycles. The van der Waals surface area contributed by atoms with Gasteiger partial charge in [-0.1, -0.05) is 17.7 Å². The van der Waals surface area contributed by atoms with Gasteiger partial charge in [0.15, 0.2) is 5.82 Å². The summed E-state index contributed by atoms with van der Waals surface area (Å²) in [6.45, 7) is 6.51.